The number of anilines is 3. The second-order valence-corrected chi connectivity index (χ2v) is 8.04. The molecule has 28 heavy (non-hydrogen) atoms. The van der Waals surface area contributed by atoms with Crippen LogP contribution in [-0.2, 0) is 0 Å². The van der Waals surface area contributed by atoms with E-state index in [9.17, 15) is 4.79 Å². The van der Waals surface area contributed by atoms with E-state index in [-0.39, 0.29) is 5.91 Å². The number of hydrogen-bond acceptors (Lipinski definition) is 6. The van der Waals surface area contributed by atoms with Crippen molar-refractivity contribution >= 4 is 35.0 Å². The largest absolute Gasteiger partial charge is 0.495 e. The van der Waals surface area contributed by atoms with Crippen LogP contribution < -0.4 is 15.4 Å². The fraction of sp³-hybridized carbons (Fsp3) is 0.450. The number of halogens is 1. The summed E-state index contributed by atoms with van der Waals surface area (Å²) in [6.45, 7) is 6.05. The molecular weight excluding hydrogens is 378 g/mol. The van der Waals surface area contributed by atoms with Gasteiger partial charge in [-0.25, -0.2) is 4.98 Å². The second-order valence-electron chi connectivity index (χ2n) is 7.64. The highest BCUT2D eigenvalue weighted by Gasteiger charge is 2.28. The van der Waals surface area contributed by atoms with Crippen molar-refractivity contribution in [2.24, 2.45) is 5.41 Å². The zero-order valence-electron chi connectivity index (χ0n) is 16.7. The van der Waals surface area contributed by atoms with Crippen LogP contribution in [0.25, 0.3) is 0 Å². The highest BCUT2D eigenvalue weighted by Crippen LogP contribution is 2.32. The summed E-state index contributed by atoms with van der Waals surface area (Å²) >= 11 is 6.02. The lowest BCUT2D eigenvalue weighted by Gasteiger charge is -2.37. The van der Waals surface area contributed by atoms with E-state index in [0.29, 0.717) is 39.2 Å². The van der Waals surface area contributed by atoms with Gasteiger partial charge < -0.3 is 20.3 Å². The molecule has 0 unspecified atom stereocenters. The Kier molecular flexibility index (Phi) is 5.93. The molecule has 0 aliphatic carbocycles. The Morgan fingerprint density at radius 3 is 2.64 bits per heavy atom. The van der Waals surface area contributed by atoms with Gasteiger partial charge in [-0.3, -0.25) is 4.79 Å². The molecule has 150 valence electrons. The SMILES string of the molecule is CNc1nc(Nc2ccc(C(=O)N3CCC(C)(C)CC3)cc2OC)ncc1Cl. The minimum Gasteiger partial charge on any atom is -0.495 e. The van der Waals surface area contributed by atoms with Gasteiger partial charge in [-0.2, -0.15) is 4.98 Å². The number of carbonyl (C=O) groups excluding carboxylic acids is 1. The summed E-state index contributed by atoms with van der Waals surface area (Å²) in [4.78, 5) is 23.3. The van der Waals surface area contributed by atoms with Crippen LogP contribution in [0.3, 0.4) is 0 Å². The quantitative estimate of drug-likeness (QED) is 0.779. The van der Waals surface area contributed by atoms with E-state index >= 15 is 0 Å². The molecule has 1 aromatic carbocycles. The van der Waals surface area contributed by atoms with Gasteiger partial charge in [-0.15, -0.1) is 0 Å². The first-order valence-electron chi connectivity index (χ1n) is 9.27. The zero-order chi connectivity index (χ0) is 20.3. The lowest BCUT2D eigenvalue weighted by Crippen LogP contribution is -2.41. The maximum absolute atomic E-state index is 12.9. The predicted octanol–water partition coefficient (Wildman–Crippen LogP) is 4.19. The van der Waals surface area contributed by atoms with Crippen molar-refractivity contribution in [3.05, 3.63) is 35.0 Å². The molecule has 8 heteroatoms. The van der Waals surface area contributed by atoms with Crippen LogP contribution >= 0.6 is 11.6 Å². The molecule has 1 aromatic heterocycles. The Labute approximate surface area is 170 Å². The maximum Gasteiger partial charge on any atom is 0.253 e. The highest BCUT2D eigenvalue weighted by molar-refractivity contribution is 6.32. The fourth-order valence-electron chi connectivity index (χ4n) is 3.15. The molecule has 0 radical (unpaired) electrons. The number of carbonyl (C=O) groups is 1. The smallest absolute Gasteiger partial charge is 0.253 e. The number of nitrogens with zero attached hydrogens (tertiary/aromatic N) is 3. The van der Waals surface area contributed by atoms with E-state index in [4.69, 9.17) is 16.3 Å². The van der Waals surface area contributed by atoms with Gasteiger partial charge in [0.2, 0.25) is 5.95 Å². The van der Waals surface area contributed by atoms with E-state index in [1.807, 2.05) is 4.90 Å². The number of likely N-dealkylation sites (tertiary alicyclic amines) is 1. The van der Waals surface area contributed by atoms with E-state index in [1.54, 1.807) is 32.4 Å². The van der Waals surface area contributed by atoms with Gasteiger partial charge in [-0.1, -0.05) is 25.4 Å². The monoisotopic (exact) mass is 403 g/mol. The molecule has 2 aromatic rings. The molecule has 2 heterocycles. The van der Waals surface area contributed by atoms with Gasteiger partial charge in [0, 0.05) is 25.7 Å². The first-order chi connectivity index (χ1) is 13.3. The third-order valence-corrected chi connectivity index (χ3v) is 5.36. The molecular formula is C20H26ClN5O2. The van der Waals surface area contributed by atoms with Gasteiger partial charge in [0.1, 0.15) is 16.6 Å². The minimum absolute atomic E-state index is 0.0283. The van der Waals surface area contributed by atoms with Gasteiger partial charge >= 0.3 is 0 Å². The van der Waals surface area contributed by atoms with Crippen molar-refractivity contribution in [3.8, 4) is 5.75 Å². The average Bonchev–Trinajstić information content (AvgIpc) is 2.69. The van der Waals surface area contributed by atoms with Crippen LogP contribution in [0.5, 0.6) is 5.75 Å². The number of rotatable bonds is 5. The van der Waals surface area contributed by atoms with Crippen molar-refractivity contribution in [2.75, 3.05) is 37.9 Å². The van der Waals surface area contributed by atoms with Gasteiger partial charge in [0.25, 0.3) is 5.91 Å². The van der Waals surface area contributed by atoms with Crippen molar-refractivity contribution < 1.29 is 9.53 Å². The Morgan fingerprint density at radius 2 is 2.00 bits per heavy atom. The molecule has 0 bridgehead atoms. The maximum atomic E-state index is 12.9. The molecule has 0 saturated carbocycles. The number of benzene rings is 1. The number of piperidine rings is 1. The number of aromatic nitrogens is 2. The first kappa shape index (κ1) is 20.2. The van der Waals surface area contributed by atoms with Crippen LogP contribution in [0.2, 0.25) is 5.02 Å². The van der Waals surface area contributed by atoms with Crippen LogP contribution in [0.1, 0.15) is 37.0 Å². The summed E-state index contributed by atoms with van der Waals surface area (Å²) in [6.07, 6.45) is 3.54. The Balaban J connectivity index is 1.78. The van der Waals surface area contributed by atoms with Crippen LogP contribution in [0, 0.1) is 5.41 Å². The highest BCUT2D eigenvalue weighted by atomic mass is 35.5. The molecule has 2 N–H and O–H groups in total. The van der Waals surface area contributed by atoms with Gasteiger partial charge in [0.05, 0.1) is 19.0 Å². The molecule has 7 nitrogen and oxygen atoms in total. The lowest BCUT2D eigenvalue weighted by molar-refractivity contribution is 0.0630. The number of amides is 1. The minimum atomic E-state index is 0.0283. The molecule has 1 fully saturated rings. The van der Waals surface area contributed by atoms with E-state index in [0.717, 1.165) is 25.9 Å². The standard InChI is InChI=1S/C20H26ClN5O2/c1-20(2)7-9-26(10-8-20)18(27)13-5-6-15(16(11-13)28-4)24-19-23-12-14(21)17(22-3)25-19/h5-6,11-12H,7-10H2,1-4H3,(H2,22,23,24,25). The van der Waals surface area contributed by atoms with Crippen LogP contribution in [-0.4, -0.2) is 48.0 Å². The molecule has 0 spiro atoms. The molecule has 3 rings (SSSR count). The number of nitrogens with one attached hydrogen (secondary N) is 2. The van der Waals surface area contributed by atoms with Crippen LogP contribution in [0.15, 0.2) is 24.4 Å². The number of hydrogen-bond donors (Lipinski definition) is 2. The van der Waals surface area contributed by atoms with E-state index in [2.05, 4.69) is 34.4 Å². The topological polar surface area (TPSA) is 79.4 Å². The van der Waals surface area contributed by atoms with E-state index < -0.39 is 0 Å². The van der Waals surface area contributed by atoms with E-state index in [1.165, 1.54) is 6.20 Å². The number of methoxy groups -OCH3 is 1. The van der Waals surface area contributed by atoms with Crippen molar-refractivity contribution in [1.82, 2.24) is 14.9 Å². The third-order valence-electron chi connectivity index (χ3n) is 5.08. The third kappa shape index (κ3) is 4.47. The Bertz CT molecular complexity index is 862. The normalized spacial score (nSPS) is 15.8. The number of ether oxygens (including phenoxy) is 1. The molecule has 1 saturated heterocycles. The molecule has 0 atom stereocenters. The van der Waals surface area contributed by atoms with Crippen molar-refractivity contribution in [3.63, 3.8) is 0 Å². The zero-order valence-corrected chi connectivity index (χ0v) is 17.4. The summed E-state index contributed by atoms with van der Waals surface area (Å²) in [5.74, 6) is 1.48. The molecule has 1 aliphatic heterocycles. The summed E-state index contributed by atoms with van der Waals surface area (Å²) in [5.41, 5.74) is 1.57. The fourth-order valence-corrected chi connectivity index (χ4v) is 3.33. The summed E-state index contributed by atoms with van der Waals surface area (Å²) in [6, 6.07) is 5.35. The van der Waals surface area contributed by atoms with Crippen molar-refractivity contribution in [2.45, 2.75) is 26.7 Å². The van der Waals surface area contributed by atoms with Crippen molar-refractivity contribution in [1.29, 1.82) is 0 Å². The Hall–Kier alpha value is -2.54. The summed E-state index contributed by atoms with van der Waals surface area (Å²) in [5, 5.41) is 6.46. The second kappa shape index (κ2) is 8.22. The predicted molar refractivity (Wildman–Crippen MR) is 112 cm³/mol. The first-order valence-corrected chi connectivity index (χ1v) is 9.65. The van der Waals surface area contributed by atoms with Gasteiger partial charge in [0.15, 0.2) is 0 Å². The van der Waals surface area contributed by atoms with Crippen LogP contribution in [0.4, 0.5) is 17.5 Å². The Morgan fingerprint density at radius 1 is 1.29 bits per heavy atom. The molecule has 1 aliphatic rings. The summed E-state index contributed by atoms with van der Waals surface area (Å²) < 4.78 is 5.48. The average molecular weight is 404 g/mol. The lowest BCUT2D eigenvalue weighted by atomic mass is 9.82. The molecule has 1 amide bonds. The summed E-state index contributed by atoms with van der Waals surface area (Å²) in [7, 11) is 3.31. The van der Waals surface area contributed by atoms with Gasteiger partial charge in [-0.05, 0) is 36.5 Å².